The van der Waals surface area contributed by atoms with Crippen LogP contribution >= 0.6 is 0 Å². The number of anilines is 1. The van der Waals surface area contributed by atoms with Gasteiger partial charge in [-0.05, 0) is 18.2 Å². The Bertz CT molecular complexity index is 751. The number of carbonyl (C=O) groups is 1. The van der Waals surface area contributed by atoms with Crippen molar-refractivity contribution in [2.24, 2.45) is 5.92 Å². The average molecular weight is 308 g/mol. The fourth-order valence-electron chi connectivity index (χ4n) is 3.70. The maximum atomic E-state index is 12.3. The van der Waals surface area contributed by atoms with Crippen LogP contribution in [0.2, 0.25) is 0 Å². The van der Waals surface area contributed by atoms with Crippen molar-refractivity contribution in [3.63, 3.8) is 0 Å². The Labute approximate surface area is 134 Å². The maximum Gasteiger partial charge on any atom is 0.238 e. The van der Waals surface area contributed by atoms with Crippen LogP contribution in [0, 0.1) is 17.4 Å². The summed E-state index contributed by atoms with van der Waals surface area (Å²) in [5.41, 5.74) is 0.213. The molecule has 0 bridgehead atoms. The van der Waals surface area contributed by atoms with Crippen molar-refractivity contribution in [3.8, 4) is 12.1 Å². The number of nitrogens with zero attached hydrogens (tertiary/aromatic N) is 3. The molecule has 0 amide bonds. The van der Waals surface area contributed by atoms with E-state index in [2.05, 4.69) is 16.5 Å². The van der Waals surface area contributed by atoms with Crippen LogP contribution in [0.5, 0.6) is 5.88 Å². The lowest BCUT2D eigenvalue weighted by Crippen LogP contribution is -2.58. The molecule has 1 aromatic rings. The van der Waals surface area contributed by atoms with Crippen LogP contribution in [-0.4, -0.2) is 40.4 Å². The molecule has 3 unspecified atom stereocenters. The summed E-state index contributed by atoms with van der Waals surface area (Å²) in [5.74, 6) is 0.162. The highest BCUT2D eigenvalue weighted by molar-refractivity contribution is 5.95. The van der Waals surface area contributed by atoms with E-state index in [-0.39, 0.29) is 17.7 Å². The molecule has 0 aromatic carbocycles. The van der Waals surface area contributed by atoms with Gasteiger partial charge in [0.15, 0.2) is 17.6 Å². The summed E-state index contributed by atoms with van der Waals surface area (Å²) in [6.07, 6.45) is 11.6. The van der Waals surface area contributed by atoms with E-state index in [1.165, 1.54) is 0 Å². The molecule has 116 valence electrons. The van der Waals surface area contributed by atoms with Gasteiger partial charge in [-0.2, -0.15) is 5.26 Å². The molecule has 6 nitrogen and oxygen atoms in total. The number of nitrogens with one attached hydrogen (secondary N) is 1. The zero-order valence-corrected chi connectivity index (χ0v) is 12.5. The first-order valence-corrected chi connectivity index (χ1v) is 7.66. The first kappa shape index (κ1) is 13.8. The molecule has 3 aliphatic rings. The normalized spacial score (nSPS) is 31.4. The second kappa shape index (κ2) is 5.13. The van der Waals surface area contributed by atoms with Gasteiger partial charge in [-0.15, -0.1) is 0 Å². The summed E-state index contributed by atoms with van der Waals surface area (Å²) in [6, 6.07) is 3.43. The van der Waals surface area contributed by atoms with Gasteiger partial charge < -0.3 is 15.0 Å². The highest BCUT2D eigenvalue weighted by Gasteiger charge is 2.55. The van der Waals surface area contributed by atoms with Crippen LogP contribution < -0.4 is 10.1 Å². The number of hydrogen-bond acceptors (Lipinski definition) is 6. The standard InChI is InChI=1S/C17H16N4O2/c18-11-21-9-7-17(15(21)12-4-1-2-6-14(12)22)10-20-13-5-3-8-19-16(13)23-17/h1-6,8,12,15,20H,7,9-10H2. The van der Waals surface area contributed by atoms with E-state index in [1.54, 1.807) is 23.2 Å². The molecule has 3 heterocycles. The number of ether oxygens (including phenoxy) is 1. The van der Waals surface area contributed by atoms with Gasteiger partial charge >= 0.3 is 0 Å². The summed E-state index contributed by atoms with van der Waals surface area (Å²) >= 11 is 0. The predicted octanol–water partition coefficient (Wildman–Crippen LogP) is 1.49. The zero-order chi connectivity index (χ0) is 15.9. The number of aromatic nitrogens is 1. The van der Waals surface area contributed by atoms with Gasteiger partial charge in [-0.3, -0.25) is 4.79 Å². The van der Waals surface area contributed by atoms with Crippen molar-refractivity contribution in [2.75, 3.05) is 18.4 Å². The first-order chi connectivity index (χ1) is 11.2. The highest BCUT2D eigenvalue weighted by Crippen LogP contribution is 2.42. The number of ketones is 1. The second-order valence-electron chi connectivity index (χ2n) is 6.04. The number of carbonyl (C=O) groups excluding carboxylic acids is 1. The monoisotopic (exact) mass is 308 g/mol. The molecule has 1 N–H and O–H groups in total. The van der Waals surface area contributed by atoms with Crippen LogP contribution in [0.1, 0.15) is 6.42 Å². The first-order valence-electron chi connectivity index (χ1n) is 7.66. The van der Waals surface area contributed by atoms with Crippen LogP contribution in [-0.2, 0) is 4.79 Å². The molecule has 2 aliphatic heterocycles. The van der Waals surface area contributed by atoms with Crippen LogP contribution in [0.3, 0.4) is 0 Å². The number of nitriles is 1. The van der Waals surface area contributed by atoms with Crippen molar-refractivity contribution in [2.45, 2.75) is 18.1 Å². The highest BCUT2D eigenvalue weighted by atomic mass is 16.5. The molecule has 0 radical (unpaired) electrons. The van der Waals surface area contributed by atoms with E-state index in [0.29, 0.717) is 25.4 Å². The Hall–Kier alpha value is -2.81. The molecule has 4 rings (SSSR count). The van der Waals surface area contributed by atoms with Gasteiger partial charge in [0.25, 0.3) is 0 Å². The topological polar surface area (TPSA) is 78.2 Å². The minimum atomic E-state index is -0.632. The van der Waals surface area contributed by atoms with Gasteiger partial charge in [-0.25, -0.2) is 4.98 Å². The molecule has 3 atom stereocenters. The third kappa shape index (κ3) is 2.08. The molecule has 0 saturated carbocycles. The fourth-order valence-corrected chi connectivity index (χ4v) is 3.70. The Kier molecular flexibility index (Phi) is 3.08. The summed E-state index contributed by atoms with van der Waals surface area (Å²) in [7, 11) is 0. The van der Waals surface area contributed by atoms with Crippen molar-refractivity contribution >= 4 is 11.5 Å². The van der Waals surface area contributed by atoms with Crippen LogP contribution in [0.15, 0.2) is 42.6 Å². The molecule has 6 heteroatoms. The molecule has 23 heavy (non-hydrogen) atoms. The lowest BCUT2D eigenvalue weighted by atomic mass is 9.80. The molecule has 1 saturated heterocycles. The SMILES string of the molecule is N#CN1CCC2(CNc3cccnc3O2)C1C1C=CC=CC1=O. The Balaban J connectivity index is 1.73. The number of hydrogen-bond donors (Lipinski definition) is 1. The molecular formula is C17H16N4O2. The van der Waals surface area contributed by atoms with Gasteiger partial charge in [0.1, 0.15) is 0 Å². The van der Waals surface area contributed by atoms with Gasteiger partial charge in [0.2, 0.25) is 5.88 Å². The molecule has 1 aromatic heterocycles. The van der Waals surface area contributed by atoms with E-state index < -0.39 is 5.60 Å². The van der Waals surface area contributed by atoms with Crippen molar-refractivity contribution in [1.29, 1.82) is 5.26 Å². The van der Waals surface area contributed by atoms with Crippen molar-refractivity contribution in [1.82, 2.24) is 9.88 Å². The molecular weight excluding hydrogens is 292 g/mol. The minimum Gasteiger partial charge on any atom is -0.465 e. The van der Waals surface area contributed by atoms with E-state index in [0.717, 1.165) is 5.69 Å². The average Bonchev–Trinajstić information content (AvgIpc) is 2.93. The van der Waals surface area contributed by atoms with E-state index in [9.17, 15) is 10.1 Å². The Morgan fingerprint density at radius 1 is 1.48 bits per heavy atom. The smallest absolute Gasteiger partial charge is 0.238 e. The second-order valence-corrected chi connectivity index (χ2v) is 6.04. The maximum absolute atomic E-state index is 12.3. The van der Waals surface area contributed by atoms with Crippen LogP contribution in [0.25, 0.3) is 0 Å². The van der Waals surface area contributed by atoms with Gasteiger partial charge in [0.05, 0.1) is 24.2 Å². The molecule has 1 aliphatic carbocycles. The third-order valence-corrected chi connectivity index (χ3v) is 4.79. The summed E-state index contributed by atoms with van der Waals surface area (Å²) in [5, 5.41) is 12.8. The van der Waals surface area contributed by atoms with E-state index in [1.807, 2.05) is 24.3 Å². The summed E-state index contributed by atoms with van der Waals surface area (Å²) in [4.78, 5) is 18.3. The Morgan fingerprint density at radius 2 is 2.39 bits per heavy atom. The van der Waals surface area contributed by atoms with Gasteiger partial charge in [-0.1, -0.05) is 18.2 Å². The third-order valence-electron chi connectivity index (χ3n) is 4.79. The summed E-state index contributed by atoms with van der Waals surface area (Å²) < 4.78 is 6.25. The van der Waals surface area contributed by atoms with Crippen LogP contribution in [0.4, 0.5) is 5.69 Å². The quantitative estimate of drug-likeness (QED) is 0.792. The van der Waals surface area contributed by atoms with E-state index in [4.69, 9.17) is 4.74 Å². The Morgan fingerprint density at radius 3 is 3.22 bits per heavy atom. The van der Waals surface area contributed by atoms with E-state index >= 15 is 0 Å². The number of likely N-dealkylation sites (tertiary alicyclic amines) is 1. The lowest BCUT2D eigenvalue weighted by Gasteiger charge is -2.42. The number of rotatable bonds is 1. The zero-order valence-electron chi connectivity index (χ0n) is 12.5. The predicted molar refractivity (Wildman–Crippen MR) is 83.6 cm³/mol. The lowest BCUT2D eigenvalue weighted by molar-refractivity contribution is -0.120. The fraction of sp³-hybridized carbons (Fsp3) is 0.353. The number of pyridine rings is 1. The minimum absolute atomic E-state index is 0.00874. The van der Waals surface area contributed by atoms with Crippen molar-refractivity contribution in [3.05, 3.63) is 42.6 Å². The number of allylic oxidation sites excluding steroid dienone is 3. The summed E-state index contributed by atoms with van der Waals surface area (Å²) in [6.45, 7) is 1.13. The largest absolute Gasteiger partial charge is 0.465 e. The van der Waals surface area contributed by atoms with Gasteiger partial charge in [0, 0.05) is 19.2 Å². The molecule has 1 fully saturated rings. The molecule has 1 spiro atoms. The van der Waals surface area contributed by atoms with Crippen molar-refractivity contribution < 1.29 is 9.53 Å². The number of fused-ring (bicyclic) bond motifs is 1.